The molecule has 4 N–H and O–H groups in total. The number of fused-ring (bicyclic) bond motifs is 10. The Hall–Kier alpha value is -5.48. The Morgan fingerprint density at radius 1 is 0.903 bits per heavy atom. The number of hydrogen-bond acceptors (Lipinski definition) is 14. The predicted molar refractivity (Wildman–Crippen MR) is 220 cm³/mol. The Kier molecular flexibility index (Phi) is 11.3. The number of aliphatic hydroxyl groups is 3. The molecule has 2 heterocycles. The Morgan fingerprint density at radius 2 is 1.52 bits per heavy atom. The zero-order valence-corrected chi connectivity index (χ0v) is 36.0. The number of carbonyl (C=O) groups excluding carboxylic acids is 6. The number of amides is 1. The summed E-state index contributed by atoms with van der Waals surface area (Å²) in [5.41, 5.74) is -5.58. The molecule has 0 aromatic heterocycles. The van der Waals surface area contributed by atoms with Gasteiger partial charge in [0, 0.05) is 37.7 Å². The van der Waals surface area contributed by atoms with Crippen LogP contribution in [0.3, 0.4) is 0 Å². The second-order valence-electron chi connectivity index (χ2n) is 18.1. The molecule has 15 heteroatoms. The third kappa shape index (κ3) is 6.99. The second kappa shape index (κ2) is 15.7. The molecule has 15 nitrogen and oxygen atoms in total. The number of aliphatic hydroxyl groups excluding tert-OH is 2. The average Bonchev–Trinajstić information content (AvgIpc) is 3.20. The van der Waals surface area contributed by atoms with Crippen LogP contribution < -0.4 is 5.32 Å². The van der Waals surface area contributed by atoms with E-state index in [1.54, 1.807) is 64.1 Å². The highest BCUT2D eigenvalue weighted by Crippen LogP contribution is 2.64. The fourth-order valence-electron chi connectivity index (χ4n) is 10.5. The van der Waals surface area contributed by atoms with E-state index in [4.69, 9.17) is 23.7 Å². The summed E-state index contributed by atoms with van der Waals surface area (Å²) in [4.78, 5) is 84.4. The number of esters is 4. The van der Waals surface area contributed by atoms with Crippen molar-refractivity contribution in [1.82, 2.24) is 5.32 Å². The molecule has 0 radical (unpaired) electrons. The monoisotopic (exact) mass is 855 g/mol. The molecule has 0 spiro atoms. The van der Waals surface area contributed by atoms with Crippen molar-refractivity contribution in [2.75, 3.05) is 6.61 Å². The highest BCUT2D eigenvalue weighted by Gasteiger charge is 2.78. The van der Waals surface area contributed by atoms with Crippen molar-refractivity contribution >= 4 is 41.1 Å². The zero-order valence-electron chi connectivity index (χ0n) is 36.0. The molecule has 3 aliphatic carbocycles. The molecular weight excluding hydrogens is 803 g/mol. The van der Waals surface area contributed by atoms with Crippen LogP contribution in [-0.2, 0) is 42.9 Å². The first-order valence-corrected chi connectivity index (χ1v) is 20.6. The van der Waals surface area contributed by atoms with E-state index < -0.39 is 113 Å². The van der Waals surface area contributed by atoms with Gasteiger partial charge in [0.15, 0.2) is 23.6 Å². The van der Waals surface area contributed by atoms with E-state index in [2.05, 4.69) is 11.9 Å². The molecule has 7 bridgehead atoms. The smallest absolute Gasteiger partial charge is 0.338 e. The summed E-state index contributed by atoms with van der Waals surface area (Å²) in [5, 5.41) is 40.2. The number of rotatable bonds is 3. The number of Topliss-reactive ketones (excluding diaryl/α,β-unsaturated/α-hetero) is 1. The van der Waals surface area contributed by atoms with Crippen LogP contribution in [0.2, 0.25) is 0 Å². The van der Waals surface area contributed by atoms with Crippen LogP contribution in [0.1, 0.15) is 100 Å². The number of carbonyl (C=O) groups is 6. The molecule has 2 aromatic rings. The first-order chi connectivity index (χ1) is 29.0. The number of nitrogens with one attached hydrogen (secondary N) is 1. The lowest BCUT2D eigenvalue weighted by atomic mass is 9.44. The average molecular weight is 856 g/mol. The highest BCUT2D eigenvalue weighted by atomic mass is 16.6. The Labute approximate surface area is 359 Å². The number of hydrogen-bond donors (Lipinski definition) is 4. The summed E-state index contributed by atoms with van der Waals surface area (Å²) >= 11 is 0. The number of allylic oxidation sites excluding steroid dienone is 1. The fraction of sp³-hybridized carbons (Fsp3) is 0.489. The van der Waals surface area contributed by atoms with Gasteiger partial charge in [0.25, 0.3) is 5.91 Å². The van der Waals surface area contributed by atoms with Crippen LogP contribution in [0.25, 0.3) is 5.57 Å². The van der Waals surface area contributed by atoms with Gasteiger partial charge < -0.3 is 44.3 Å². The maximum Gasteiger partial charge on any atom is 0.338 e. The first-order valence-electron chi connectivity index (χ1n) is 20.6. The van der Waals surface area contributed by atoms with Gasteiger partial charge in [-0.1, -0.05) is 56.3 Å². The van der Waals surface area contributed by atoms with E-state index in [-0.39, 0.29) is 35.3 Å². The van der Waals surface area contributed by atoms with Crippen molar-refractivity contribution in [1.29, 1.82) is 0 Å². The molecule has 3 fully saturated rings. The van der Waals surface area contributed by atoms with E-state index in [9.17, 15) is 39.3 Å². The van der Waals surface area contributed by atoms with Gasteiger partial charge in [-0.25, -0.2) is 9.59 Å². The van der Waals surface area contributed by atoms with Crippen molar-refractivity contribution in [3.05, 3.63) is 100 Å². The minimum Gasteiger partial charge on any atom is -0.456 e. The van der Waals surface area contributed by atoms with Gasteiger partial charge in [-0.2, -0.15) is 0 Å². The van der Waals surface area contributed by atoms with E-state index in [0.717, 1.165) is 13.8 Å². The van der Waals surface area contributed by atoms with Crippen molar-refractivity contribution in [3.63, 3.8) is 0 Å². The number of ether oxygens (including phenoxy) is 5. The van der Waals surface area contributed by atoms with Gasteiger partial charge in [0.05, 0.1) is 35.6 Å². The SMILES string of the molecule is C=C1c2cccc(c2)C(=O)N[C@@H](C=C(C)C)[C@@H](O)C(=O)O[C@H]2C[C@]3(O)[C@@H](OC(=O)c4cccc1c4)[C@H]1[C@]4(OC(C)=O)CO[C@@H]4C[C@H](O)[C@@]1(C)C(=O)[C@H](OC(C)=O)C(=C2C)C3(C)C. The molecule has 1 amide bonds. The van der Waals surface area contributed by atoms with Crippen LogP contribution in [0, 0.1) is 16.7 Å². The molecule has 330 valence electrons. The third-order valence-electron chi connectivity index (χ3n) is 13.7. The topological polar surface area (TPSA) is 221 Å². The van der Waals surface area contributed by atoms with Crippen molar-refractivity contribution in [3.8, 4) is 0 Å². The largest absolute Gasteiger partial charge is 0.456 e. The number of benzene rings is 2. The maximum absolute atomic E-state index is 15.5. The van der Waals surface area contributed by atoms with Crippen molar-refractivity contribution in [2.45, 2.75) is 122 Å². The Balaban J connectivity index is 1.53. The predicted octanol–water partition coefficient (Wildman–Crippen LogP) is 3.70. The van der Waals surface area contributed by atoms with E-state index >= 15 is 4.79 Å². The lowest BCUT2D eigenvalue weighted by Crippen LogP contribution is -2.82. The van der Waals surface area contributed by atoms with Gasteiger partial charge in [0.1, 0.15) is 23.9 Å². The first kappa shape index (κ1) is 44.6. The summed E-state index contributed by atoms with van der Waals surface area (Å²) < 4.78 is 30.4. The third-order valence-corrected chi connectivity index (χ3v) is 13.7. The second-order valence-corrected chi connectivity index (χ2v) is 18.1. The van der Waals surface area contributed by atoms with Crippen LogP contribution in [0.5, 0.6) is 0 Å². The normalized spacial score (nSPS) is 35.4. The molecular formula is C47H53NO14. The Morgan fingerprint density at radius 3 is 2.10 bits per heavy atom. The summed E-state index contributed by atoms with van der Waals surface area (Å²) in [6, 6.07) is 11.4. The van der Waals surface area contributed by atoms with Gasteiger partial charge >= 0.3 is 23.9 Å². The van der Waals surface area contributed by atoms with Gasteiger partial charge in [0.2, 0.25) is 0 Å². The zero-order chi connectivity index (χ0) is 45.4. The number of ketones is 1. The van der Waals surface area contributed by atoms with Crippen molar-refractivity contribution < 1.29 is 67.8 Å². The molecule has 7 rings (SSSR count). The summed E-state index contributed by atoms with van der Waals surface area (Å²) in [6.45, 7) is 15.6. The quantitative estimate of drug-likeness (QED) is 0.197. The van der Waals surface area contributed by atoms with Crippen molar-refractivity contribution in [2.24, 2.45) is 16.7 Å². The van der Waals surface area contributed by atoms with E-state index in [0.29, 0.717) is 22.3 Å². The highest BCUT2D eigenvalue weighted by molar-refractivity contribution is 5.98. The molecule has 5 aliphatic rings. The summed E-state index contributed by atoms with van der Waals surface area (Å²) in [7, 11) is 0. The van der Waals surface area contributed by atoms with Crippen LogP contribution in [0.4, 0.5) is 0 Å². The Bertz CT molecular complexity index is 2340. The van der Waals surface area contributed by atoms with Gasteiger partial charge in [-0.05, 0) is 79.8 Å². The molecule has 11 atom stereocenters. The van der Waals surface area contributed by atoms with Crippen LogP contribution in [0.15, 0.2) is 77.9 Å². The lowest BCUT2D eigenvalue weighted by Gasteiger charge is -2.67. The minimum atomic E-state index is -2.40. The lowest BCUT2D eigenvalue weighted by molar-refractivity contribution is -0.346. The maximum atomic E-state index is 15.5. The fourth-order valence-corrected chi connectivity index (χ4v) is 10.5. The molecule has 1 saturated heterocycles. The van der Waals surface area contributed by atoms with Gasteiger partial charge in [-0.3, -0.25) is 19.2 Å². The molecule has 62 heavy (non-hydrogen) atoms. The van der Waals surface area contributed by atoms with Crippen LogP contribution in [-0.4, -0.2) is 111 Å². The minimum absolute atomic E-state index is 0.00204. The molecule has 2 saturated carbocycles. The van der Waals surface area contributed by atoms with Crippen LogP contribution >= 0.6 is 0 Å². The molecule has 2 aromatic carbocycles. The summed E-state index contributed by atoms with van der Waals surface area (Å²) in [6.07, 6.45) is -9.05. The standard InChI is InChI=1S/C47H53NO14/c1-22(2)16-31-36(52)43(56)60-32-20-47(57)40(61-42(55)30-15-11-13-28(18-30)23(3)27-12-10-14-29(17-27)41(54)48-31)38-45(9,33(51)19-34-46(38,21-58-34)62-26(6)50)39(53)37(59-25(5)49)35(24(32)4)44(47,7)8/h10-18,31-34,36-38,40,51-52,57H,3,19-21H2,1-2,4-9H3,(H,48,54)/t31-,32-,33-,34+,36+,37+,38+,40-,45+,46-,47-/m0/s1. The van der Waals surface area contributed by atoms with Gasteiger partial charge in [-0.15, -0.1) is 0 Å². The molecule has 2 aliphatic heterocycles. The summed E-state index contributed by atoms with van der Waals surface area (Å²) in [5.74, 6) is -6.96. The van der Waals surface area contributed by atoms with E-state index in [1.807, 2.05) is 0 Å². The molecule has 0 unspecified atom stereocenters. The van der Waals surface area contributed by atoms with E-state index in [1.165, 1.54) is 32.1 Å².